The second kappa shape index (κ2) is 12.3. The number of alkyl halides is 3. The zero-order chi connectivity index (χ0) is 28.2. The average molecular weight is 555 g/mol. The van der Waals surface area contributed by atoms with Gasteiger partial charge in [0, 0.05) is 6.42 Å². The van der Waals surface area contributed by atoms with Gasteiger partial charge in [-0.1, -0.05) is 48.5 Å². The molecule has 13 heteroatoms. The maximum atomic E-state index is 14.3. The molecule has 0 bridgehead atoms. The molecule has 1 aliphatic heterocycles. The molecule has 1 aliphatic rings. The van der Waals surface area contributed by atoms with Gasteiger partial charge in [-0.15, -0.1) is 5.10 Å². The third kappa shape index (κ3) is 6.52. The lowest BCUT2D eigenvalue weighted by Crippen LogP contribution is -2.60. The van der Waals surface area contributed by atoms with Crippen LogP contribution in [0.2, 0.25) is 0 Å². The quantitative estimate of drug-likeness (QED) is 0.250. The predicted octanol–water partition coefficient (Wildman–Crippen LogP) is 1.24. The zero-order valence-electron chi connectivity index (χ0n) is 20.6. The molecule has 212 valence electrons. The molecular formula is C26H29F3N2O8. The Balaban J connectivity index is 1.70. The second-order valence-corrected chi connectivity index (χ2v) is 8.95. The fourth-order valence-electron chi connectivity index (χ4n) is 4.30. The van der Waals surface area contributed by atoms with E-state index in [0.717, 1.165) is 5.56 Å². The number of hydrogen-bond donors (Lipinski definition) is 5. The van der Waals surface area contributed by atoms with Crippen LogP contribution in [0.1, 0.15) is 22.4 Å². The number of aliphatic hydroxyl groups is 5. The molecule has 2 heterocycles. The summed E-state index contributed by atoms with van der Waals surface area (Å²) in [6, 6.07) is 15.7. The summed E-state index contributed by atoms with van der Waals surface area (Å²) in [5, 5.41) is 53.2. The van der Waals surface area contributed by atoms with Crippen LogP contribution in [0, 0.1) is 0 Å². The van der Waals surface area contributed by atoms with E-state index in [1.165, 1.54) is 0 Å². The van der Waals surface area contributed by atoms with Gasteiger partial charge in [0.15, 0.2) is 0 Å². The molecule has 2 aromatic carbocycles. The summed E-state index contributed by atoms with van der Waals surface area (Å²) in [5.41, 5.74) is -0.385. The number of para-hydroxylation sites is 1. The molecule has 3 aromatic rings. The Morgan fingerprint density at radius 3 is 2.28 bits per heavy atom. The highest BCUT2D eigenvalue weighted by molar-refractivity contribution is 5.43. The van der Waals surface area contributed by atoms with E-state index in [1.807, 2.05) is 30.3 Å². The van der Waals surface area contributed by atoms with E-state index in [-0.39, 0.29) is 13.0 Å². The van der Waals surface area contributed by atoms with Crippen LogP contribution in [0.15, 0.2) is 54.6 Å². The topological polar surface area (TPSA) is 147 Å². The second-order valence-electron chi connectivity index (χ2n) is 8.95. The first-order valence-electron chi connectivity index (χ1n) is 12.1. The van der Waals surface area contributed by atoms with Crippen molar-refractivity contribution >= 4 is 0 Å². The molecular weight excluding hydrogens is 525 g/mol. The highest BCUT2D eigenvalue weighted by Crippen LogP contribution is 2.39. The number of aliphatic hydroxyl groups excluding tert-OH is 5. The number of hydrogen-bond acceptors (Lipinski definition) is 9. The number of rotatable bonds is 10. The van der Waals surface area contributed by atoms with Crippen LogP contribution in [0.5, 0.6) is 11.6 Å². The van der Waals surface area contributed by atoms with Crippen molar-refractivity contribution in [3.05, 3.63) is 77.0 Å². The Hall–Kier alpha value is -3.20. The molecule has 1 fully saturated rings. The number of aromatic nitrogens is 2. The van der Waals surface area contributed by atoms with Gasteiger partial charge < -0.3 is 39.7 Å². The maximum Gasteiger partial charge on any atom is 0.433 e. The van der Waals surface area contributed by atoms with E-state index < -0.39 is 73.8 Å². The molecule has 5 atom stereocenters. The lowest BCUT2D eigenvalue weighted by molar-refractivity contribution is -0.278. The van der Waals surface area contributed by atoms with Crippen molar-refractivity contribution < 1.29 is 52.9 Å². The molecule has 39 heavy (non-hydrogen) atoms. The van der Waals surface area contributed by atoms with Gasteiger partial charge in [0.05, 0.1) is 25.3 Å². The molecule has 0 unspecified atom stereocenters. The van der Waals surface area contributed by atoms with Gasteiger partial charge in [-0.25, -0.2) is 0 Å². The van der Waals surface area contributed by atoms with E-state index in [9.17, 15) is 38.7 Å². The van der Waals surface area contributed by atoms with Gasteiger partial charge in [-0.3, -0.25) is 4.68 Å². The van der Waals surface area contributed by atoms with Gasteiger partial charge in [0.2, 0.25) is 12.2 Å². The lowest BCUT2D eigenvalue weighted by atomic mass is 9.99. The molecule has 10 nitrogen and oxygen atoms in total. The van der Waals surface area contributed by atoms with Crippen LogP contribution in [0.25, 0.3) is 0 Å². The minimum Gasteiger partial charge on any atom is -0.489 e. The third-order valence-electron chi connectivity index (χ3n) is 6.25. The van der Waals surface area contributed by atoms with Gasteiger partial charge in [-0.05, 0) is 17.2 Å². The van der Waals surface area contributed by atoms with E-state index in [2.05, 4.69) is 5.10 Å². The van der Waals surface area contributed by atoms with Gasteiger partial charge >= 0.3 is 6.18 Å². The van der Waals surface area contributed by atoms with Crippen LogP contribution in [-0.4, -0.2) is 79.2 Å². The lowest BCUT2D eigenvalue weighted by Gasteiger charge is -2.39. The Kier molecular flexibility index (Phi) is 9.10. The molecule has 0 aliphatic carbocycles. The van der Waals surface area contributed by atoms with Gasteiger partial charge in [0.1, 0.15) is 42.5 Å². The summed E-state index contributed by atoms with van der Waals surface area (Å²) in [6.45, 7) is -1.75. The Morgan fingerprint density at radius 2 is 1.62 bits per heavy atom. The normalized spacial score (nSPS) is 23.5. The van der Waals surface area contributed by atoms with Crippen molar-refractivity contribution in [3.8, 4) is 11.6 Å². The standard InChI is InChI=1S/C26H29F3N2O8/c27-26(28,29)23-17(12-16-8-4-5-9-18(16)37-14-15-6-2-1-3-7-15)24(30-31(23)10-11-32)39-25-22(36)21(35)20(34)19(13-33)38-25/h1-9,19-22,25,32-36H,10-14H2/t19-,20-,21+,22-,25+/m1/s1. The first-order chi connectivity index (χ1) is 18.6. The monoisotopic (exact) mass is 554 g/mol. The highest BCUT2D eigenvalue weighted by atomic mass is 19.4. The Morgan fingerprint density at radius 1 is 0.923 bits per heavy atom. The van der Waals surface area contributed by atoms with Crippen LogP contribution in [-0.2, 0) is 30.5 Å². The number of halogens is 3. The third-order valence-corrected chi connectivity index (χ3v) is 6.25. The predicted molar refractivity (Wildman–Crippen MR) is 129 cm³/mol. The largest absolute Gasteiger partial charge is 0.489 e. The van der Waals surface area contributed by atoms with Crippen LogP contribution in [0.3, 0.4) is 0 Å². The number of benzene rings is 2. The zero-order valence-corrected chi connectivity index (χ0v) is 20.6. The smallest absolute Gasteiger partial charge is 0.433 e. The molecule has 1 saturated heterocycles. The number of nitrogens with zero attached hydrogens (tertiary/aromatic N) is 2. The van der Waals surface area contributed by atoms with Crippen molar-refractivity contribution in [2.75, 3.05) is 13.2 Å². The average Bonchev–Trinajstić information content (AvgIpc) is 3.26. The van der Waals surface area contributed by atoms with Crippen molar-refractivity contribution in [2.45, 2.75) is 56.5 Å². The summed E-state index contributed by atoms with van der Waals surface area (Å²) < 4.78 is 60.2. The summed E-state index contributed by atoms with van der Waals surface area (Å²) in [6.07, 6.45) is -13.7. The van der Waals surface area contributed by atoms with Crippen molar-refractivity contribution in [1.82, 2.24) is 9.78 Å². The Labute approximate surface area is 221 Å². The molecule has 0 spiro atoms. The van der Waals surface area contributed by atoms with Crippen molar-refractivity contribution in [2.24, 2.45) is 0 Å². The molecule has 0 radical (unpaired) electrons. The highest BCUT2D eigenvalue weighted by Gasteiger charge is 2.46. The molecule has 4 rings (SSSR count). The summed E-state index contributed by atoms with van der Waals surface area (Å²) in [7, 11) is 0. The molecule has 1 aromatic heterocycles. The summed E-state index contributed by atoms with van der Waals surface area (Å²) in [4.78, 5) is 0. The van der Waals surface area contributed by atoms with Gasteiger partial charge in [-0.2, -0.15) is 13.2 Å². The summed E-state index contributed by atoms with van der Waals surface area (Å²) >= 11 is 0. The number of ether oxygens (including phenoxy) is 3. The Bertz CT molecular complexity index is 1220. The maximum absolute atomic E-state index is 14.3. The van der Waals surface area contributed by atoms with E-state index in [1.54, 1.807) is 24.3 Å². The van der Waals surface area contributed by atoms with E-state index >= 15 is 0 Å². The van der Waals surface area contributed by atoms with Crippen LogP contribution in [0.4, 0.5) is 13.2 Å². The van der Waals surface area contributed by atoms with Crippen LogP contribution < -0.4 is 9.47 Å². The molecule has 0 amide bonds. The van der Waals surface area contributed by atoms with Crippen LogP contribution >= 0.6 is 0 Å². The minimum absolute atomic E-state index is 0.169. The van der Waals surface area contributed by atoms with Crippen molar-refractivity contribution in [1.29, 1.82) is 0 Å². The van der Waals surface area contributed by atoms with Gasteiger partial charge in [0.25, 0.3) is 0 Å². The van der Waals surface area contributed by atoms with Crippen molar-refractivity contribution in [3.63, 3.8) is 0 Å². The fraction of sp³-hybridized carbons (Fsp3) is 0.423. The molecule has 0 saturated carbocycles. The minimum atomic E-state index is -4.91. The van der Waals surface area contributed by atoms with E-state index in [4.69, 9.17) is 14.2 Å². The first kappa shape index (κ1) is 28.8. The SMILES string of the molecule is OCCn1nc(O[C@@H]2O[C@H](CO)[C@@H](O)[C@H](O)[C@H]2O)c(Cc2ccccc2OCc2ccccc2)c1C(F)(F)F. The molecule has 5 N–H and O–H groups in total. The summed E-state index contributed by atoms with van der Waals surface area (Å²) in [5.74, 6) is -0.249. The first-order valence-corrected chi connectivity index (χ1v) is 12.1. The van der Waals surface area contributed by atoms with E-state index in [0.29, 0.717) is 16.0 Å². The fourth-order valence-corrected chi connectivity index (χ4v) is 4.30.